The van der Waals surface area contributed by atoms with Crippen molar-refractivity contribution in [1.29, 1.82) is 0 Å². The molecule has 1 aliphatic heterocycles. The largest absolute Gasteiger partial charge is 0.481 e. The van der Waals surface area contributed by atoms with Gasteiger partial charge in [0.05, 0.1) is 12.0 Å². The highest BCUT2D eigenvalue weighted by atomic mass is 32.1. The Morgan fingerprint density at radius 3 is 2.28 bits per heavy atom. The minimum atomic E-state index is -0.945. The van der Waals surface area contributed by atoms with E-state index in [0.29, 0.717) is 17.8 Å². The van der Waals surface area contributed by atoms with E-state index in [9.17, 15) is 29.1 Å². The van der Waals surface area contributed by atoms with Crippen molar-refractivity contribution in [2.24, 2.45) is 17.8 Å². The molecule has 7 atom stereocenters. The van der Waals surface area contributed by atoms with Crippen molar-refractivity contribution in [3.8, 4) is 0 Å². The number of carboxylic acids is 1. The van der Waals surface area contributed by atoms with Gasteiger partial charge in [-0.3, -0.25) is 28.9 Å². The van der Waals surface area contributed by atoms with Gasteiger partial charge in [0.1, 0.15) is 16.7 Å². The molecule has 0 aliphatic carbocycles. The Kier molecular flexibility index (Phi) is 16.7. The van der Waals surface area contributed by atoms with Crippen LogP contribution in [-0.2, 0) is 30.3 Å². The van der Waals surface area contributed by atoms with Gasteiger partial charge in [-0.2, -0.15) is 0 Å². The number of rotatable bonds is 18. The van der Waals surface area contributed by atoms with Crippen LogP contribution in [0.1, 0.15) is 128 Å². The van der Waals surface area contributed by atoms with Crippen LogP contribution in [0.4, 0.5) is 0 Å². The summed E-state index contributed by atoms with van der Waals surface area (Å²) in [6.07, 6.45) is 3.47. The first-order chi connectivity index (χ1) is 25.3. The SMILES string of the molecule is CC[C@H](C)[C@H](NC(=O)[C@H]1CCCCN1C(C)(C)C)C(=O)N(C)[C@H](C[C@@H](OC(C)=O)c1nc(C(=O)N[C@@H](Cc2ccccc2)C[C@H](C)C(=O)O)cs1)C(C)C. The zero-order valence-electron chi connectivity index (χ0n) is 33.9. The van der Waals surface area contributed by atoms with Crippen LogP contribution in [0.2, 0.25) is 0 Å². The highest BCUT2D eigenvalue weighted by Gasteiger charge is 2.40. The summed E-state index contributed by atoms with van der Waals surface area (Å²) >= 11 is 1.18. The summed E-state index contributed by atoms with van der Waals surface area (Å²) in [5.41, 5.74) is 0.900. The van der Waals surface area contributed by atoms with Crippen LogP contribution in [0.3, 0.4) is 0 Å². The van der Waals surface area contributed by atoms with Crippen LogP contribution in [-0.4, -0.2) is 92.8 Å². The molecule has 2 heterocycles. The molecule has 0 bridgehead atoms. The zero-order chi connectivity index (χ0) is 40.3. The van der Waals surface area contributed by atoms with E-state index in [4.69, 9.17) is 4.74 Å². The number of likely N-dealkylation sites (N-methyl/N-ethyl adjacent to an activating group) is 1. The lowest BCUT2D eigenvalue weighted by Gasteiger charge is -2.44. The van der Waals surface area contributed by atoms with Crippen LogP contribution in [0.15, 0.2) is 35.7 Å². The third-order valence-corrected chi connectivity index (χ3v) is 11.5. The maximum Gasteiger partial charge on any atom is 0.306 e. The number of benzene rings is 1. The molecule has 3 rings (SSSR count). The molecule has 3 amide bonds. The third-order valence-electron chi connectivity index (χ3n) is 10.6. The summed E-state index contributed by atoms with van der Waals surface area (Å²) in [5, 5.41) is 17.7. The molecule has 0 saturated carbocycles. The topological polar surface area (TPSA) is 158 Å². The van der Waals surface area contributed by atoms with E-state index in [1.54, 1.807) is 24.3 Å². The van der Waals surface area contributed by atoms with Crippen molar-refractivity contribution < 1.29 is 33.8 Å². The number of carbonyl (C=O) groups excluding carboxylic acids is 4. The quantitative estimate of drug-likeness (QED) is 0.149. The van der Waals surface area contributed by atoms with Gasteiger partial charge in [-0.15, -0.1) is 11.3 Å². The van der Waals surface area contributed by atoms with Gasteiger partial charge in [0, 0.05) is 43.4 Å². The number of nitrogens with one attached hydrogen (secondary N) is 2. The summed E-state index contributed by atoms with van der Waals surface area (Å²) in [7, 11) is 1.73. The fourth-order valence-electron chi connectivity index (χ4n) is 7.24. The molecule has 3 N–H and O–H groups in total. The fourth-order valence-corrected chi connectivity index (χ4v) is 8.08. The molecule has 1 saturated heterocycles. The number of aliphatic carboxylic acids is 1. The third kappa shape index (κ3) is 12.6. The molecule has 1 aromatic heterocycles. The minimum absolute atomic E-state index is 0.0577. The lowest BCUT2D eigenvalue weighted by molar-refractivity contribution is -0.149. The van der Waals surface area contributed by atoms with Crippen molar-refractivity contribution >= 4 is 41.0 Å². The van der Waals surface area contributed by atoms with E-state index in [-0.39, 0.29) is 53.8 Å². The number of hydrogen-bond donors (Lipinski definition) is 3. The number of carboxylic acid groups (broad SMARTS) is 1. The van der Waals surface area contributed by atoms with Crippen molar-refractivity contribution in [2.75, 3.05) is 13.6 Å². The molecule has 1 aromatic carbocycles. The molecule has 12 nitrogen and oxygen atoms in total. The Morgan fingerprint density at radius 2 is 1.70 bits per heavy atom. The lowest BCUT2D eigenvalue weighted by atomic mass is 9.91. The number of aromatic nitrogens is 1. The first kappa shape index (κ1) is 44.6. The smallest absolute Gasteiger partial charge is 0.306 e. The number of esters is 1. The van der Waals surface area contributed by atoms with Gasteiger partial charge in [-0.1, -0.05) is 77.8 Å². The van der Waals surface area contributed by atoms with E-state index in [1.807, 2.05) is 58.0 Å². The van der Waals surface area contributed by atoms with Crippen LogP contribution >= 0.6 is 11.3 Å². The van der Waals surface area contributed by atoms with Gasteiger partial charge < -0.3 is 25.4 Å². The van der Waals surface area contributed by atoms with Gasteiger partial charge in [-0.05, 0) is 70.4 Å². The number of hydrogen-bond acceptors (Lipinski definition) is 9. The Labute approximate surface area is 325 Å². The molecule has 0 unspecified atom stereocenters. The number of likely N-dealkylation sites (tertiary alicyclic amines) is 1. The fraction of sp³-hybridized carbons (Fsp3) is 0.659. The number of nitrogens with zero attached hydrogens (tertiary/aromatic N) is 3. The van der Waals surface area contributed by atoms with E-state index in [0.717, 1.165) is 31.4 Å². The van der Waals surface area contributed by atoms with Crippen LogP contribution in [0, 0.1) is 17.8 Å². The molecule has 13 heteroatoms. The van der Waals surface area contributed by atoms with Crippen LogP contribution in [0.25, 0.3) is 0 Å². The normalized spacial score (nSPS) is 18.5. The van der Waals surface area contributed by atoms with Gasteiger partial charge in [0.25, 0.3) is 5.91 Å². The number of ether oxygens (including phenoxy) is 1. The molecule has 1 fully saturated rings. The molecule has 54 heavy (non-hydrogen) atoms. The average Bonchev–Trinajstić information content (AvgIpc) is 3.62. The number of piperidine rings is 1. The van der Waals surface area contributed by atoms with Crippen LogP contribution in [0.5, 0.6) is 0 Å². The molecular weight excluding hydrogens is 707 g/mol. The molecule has 300 valence electrons. The highest BCUT2D eigenvalue weighted by molar-refractivity contribution is 7.09. The Hall–Kier alpha value is -3.84. The van der Waals surface area contributed by atoms with Gasteiger partial charge >= 0.3 is 11.9 Å². The Morgan fingerprint density at radius 1 is 1.04 bits per heavy atom. The standard InChI is InChI=1S/C41H63N5O7S/c1-11-26(4)35(44-37(49)32-19-15-16-20-46(32)41(7,8)9)39(50)45(10)33(25(2)3)23-34(53-28(6)47)38-43-31(24-54-38)36(48)42-30(21-27(5)40(51)52)22-29-17-13-12-14-18-29/h12-14,17-18,24-27,30,32-35H,11,15-16,19-23H2,1-10H3,(H,42,48)(H,44,49)(H,51,52)/t26-,27-,30+,32+,33+,34+,35-/m0/s1. The maximum atomic E-state index is 14.4. The van der Waals surface area contributed by atoms with Crippen molar-refractivity contribution in [2.45, 2.75) is 143 Å². The number of thiazole rings is 1. The summed E-state index contributed by atoms with van der Waals surface area (Å²) in [4.78, 5) is 74.3. The number of carbonyl (C=O) groups is 5. The summed E-state index contributed by atoms with van der Waals surface area (Å²) in [5.74, 6) is -3.13. The van der Waals surface area contributed by atoms with Crippen molar-refractivity contribution in [1.82, 2.24) is 25.4 Å². The summed E-state index contributed by atoms with van der Waals surface area (Å²) < 4.78 is 5.79. The molecule has 1 aliphatic rings. The van der Waals surface area contributed by atoms with E-state index in [1.165, 1.54) is 18.3 Å². The molecule has 2 aromatic rings. The lowest BCUT2D eigenvalue weighted by Crippen LogP contribution is -2.61. The van der Waals surface area contributed by atoms with E-state index < -0.39 is 48.0 Å². The maximum absolute atomic E-state index is 14.4. The second-order valence-electron chi connectivity index (χ2n) is 16.2. The Bertz CT molecular complexity index is 1560. The van der Waals surface area contributed by atoms with E-state index in [2.05, 4.69) is 41.3 Å². The van der Waals surface area contributed by atoms with Gasteiger partial charge in [0.2, 0.25) is 11.8 Å². The predicted molar refractivity (Wildman–Crippen MR) is 211 cm³/mol. The minimum Gasteiger partial charge on any atom is -0.481 e. The molecular formula is C41H63N5O7S. The second-order valence-corrected chi connectivity index (χ2v) is 17.1. The number of amides is 3. The van der Waals surface area contributed by atoms with E-state index >= 15 is 0 Å². The first-order valence-corrected chi connectivity index (χ1v) is 20.3. The van der Waals surface area contributed by atoms with Crippen molar-refractivity contribution in [3.05, 3.63) is 52.0 Å². The summed E-state index contributed by atoms with van der Waals surface area (Å²) in [6, 6.07) is 7.62. The molecule has 0 radical (unpaired) electrons. The molecule has 0 spiro atoms. The van der Waals surface area contributed by atoms with Gasteiger partial charge in [-0.25, -0.2) is 4.98 Å². The zero-order valence-corrected chi connectivity index (χ0v) is 34.7. The summed E-state index contributed by atoms with van der Waals surface area (Å²) in [6.45, 7) is 18.0. The highest BCUT2D eigenvalue weighted by Crippen LogP contribution is 2.32. The Balaban J connectivity index is 1.83. The second kappa shape index (κ2) is 20.2. The van der Waals surface area contributed by atoms with Crippen LogP contribution < -0.4 is 10.6 Å². The average molecular weight is 770 g/mol. The van der Waals surface area contributed by atoms with Gasteiger partial charge in [0.15, 0.2) is 6.10 Å². The predicted octanol–water partition coefficient (Wildman–Crippen LogP) is 6.26. The van der Waals surface area contributed by atoms with Crippen molar-refractivity contribution in [3.63, 3.8) is 0 Å². The monoisotopic (exact) mass is 769 g/mol. The first-order valence-electron chi connectivity index (χ1n) is 19.4.